The highest BCUT2D eigenvalue weighted by Crippen LogP contribution is 2.11. The topological polar surface area (TPSA) is 31.2 Å². The van der Waals surface area contributed by atoms with E-state index < -0.39 is 0 Å². The van der Waals surface area contributed by atoms with Crippen molar-refractivity contribution in [2.45, 2.75) is 27.3 Å². The number of ether oxygens (including phenoxy) is 1. The van der Waals surface area contributed by atoms with Gasteiger partial charge < -0.3 is 9.30 Å². The minimum atomic E-state index is -0.280. The molecule has 80 valence electrons. The molecular formula is C12H15NO2. The van der Waals surface area contributed by atoms with Crippen LogP contribution >= 0.6 is 0 Å². The van der Waals surface area contributed by atoms with E-state index in [4.69, 9.17) is 4.74 Å². The maximum Gasteiger partial charge on any atom is 0.355 e. The minimum Gasteiger partial charge on any atom is -0.461 e. The molecule has 0 aliphatic heterocycles. The second kappa shape index (κ2) is 5.26. The van der Waals surface area contributed by atoms with Gasteiger partial charge in [0.2, 0.25) is 0 Å². The van der Waals surface area contributed by atoms with E-state index in [2.05, 4.69) is 11.8 Å². The fraction of sp³-hybridized carbons (Fsp3) is 0.417. The van der Waals surface area contributed by atoms with Gasteiger partial charge in [0.05, 0.1) is 13.2 Å². The summed E-state index contributed by atoms with van der Waals surface area (Å²) in [5.74, 6) is 5.44. The predicted octanol–water partition coefficient (Wildman–Crippen LogP) is 2.00. The summed E-state index contributed by atoms with van der Waals surface area (Å²) in [5, 5.41) is 0. The van der Waals surface area contributed by atoms with E-state index >= 15 is 0 Å². The molecule has 0 saturated carbocycles. The van der Waals surface area contributed by atoms with Gasteiger partial charge in [0.1, 0.15) is 5.69 Å². The normalized spacial score (nSPS) is 9.27. The average molecular weight is 205 g/mol. The Morgan fingerprint density at radius 3 is 2.93 bits per heavy atom. The number of hydrogen-bond acceptors (Lipinski definition) is 2. The van der Waals surface area contributed by atoms with E-state index in [-0.39, 0.29) is 5.97 Å². The number of esters is 1. The number of aryl methyl sites for hydroxylation is 1. The molecule has 0 unspecified atom stereocenters. The first-order valence-electron chi connectivity index (χ1n) is 4.93. The summed E-state index contributed by atoms with van der Waals surface area (Å²) in [5.41, 5.74) is 1.52. The van der Waals surface area contributed by atoms with Gasteiger partial charge in [0, 0.05) is 6.20 Å². The van der Waals surface area contributed by atoms with Crippen molar-refractivity contribution in [2.75, 3.05) is 6.61 Å². The molecule has 0 saturated heterocycles. The van der Waals surface area contributed by atoms with Gasteiger partial charge >= 0.3 is 5.97 Å². The van der Waals surface area contributed by atoms with Crippen molar-refractivity contribution in [1.29, 1.82) is 0 Å². The van der Waals surface area contributed by atoms with Gasteiger partial charge in [0.15, 0.2) is 0 Å². The molecule has 1 heterocycles. The molecule has 0 aliphatic carbocycles. The van der Waals surface area contributed by atoms with Gasteiger partial charge in [-0.1, -0.05) is 5.92 Å². The Balaban J connectivity index is 2.96. The molecule has 0 aromatic carbocycles. The molecule has 3 heteroatoms. The lowest BCUT2D eigenvalue weighted by Crippen LogP contribution is -2.12. The van der Waals surface area contributed by atoms with Gasteiger partial charge in [-0.2, -0.15) is 0 Å². The molecule has 0 fully saturated rings. The average Bonchev–Trinajstić information content (AvgIpc) is 2.57. The van der Waals surface area contributed by atoms with Crippen molar-refractivity contribution in [3.63, 3.8) is 0 Å². The molecule has 1 aromatic rings. The zero-order valence-electron chi connectivity index (χ0n) is 9.33. The Morgan fingerprint density at radius 2 is 2.33 bits per heavy atom. The van der Waals surface area contributed by atoms with Crippen LogP contribution in [0.2, 0.25) is 0 Å². The van der Waals surface area contributed by atoms with Gasteiger partial charge in [-0.15, -0.1) is 5.92 Å². The van der Waals surface area contributed by atoms with E-state index in [1.807, 2.05) is 23.8 Å². The van der Waals surface area contributed by atoms with Gasteiger partial charge in [-0.3, -0.25) is 0 Å². The second-order valence-electron chi connectivity index (χ2n) is 3.12. The fourth-order valence-electron chi connectivity index (χ4n) is 1.36. The van der Waals surface area contributed by atoms with Crippen molar-refractivity contribution in [1.82, 2.24) is 4.57 Å². The molecule has 0 atom stereocenters. The van der Waals surface area contributed by atoms with Crippen LogP contribution in [0.5, 0.6) is 0 Å². The summed E-state index contributed by atoms with van der Waals surface area (Å²) in [7, 11) is 0. The van der Waals surface area contributed by atoms with Crippen molar-refractivity contribution in [3.05, 3.63) is 23.5 Å². The minimum absolute atomic E-state index is 0.280. The standard InChI is InChI=1S/C12H15NO2/c1-4-6-8-13-9-7-10(3)11(13)12(14)15-5-2/h7,9H,5,8H2,1-3H3. The molecule has 0 radical (unpaired) electrons. The molecule has 0 spiro atoms. The molecule has 0 N–H and O–H groups in total. The number of carbonyl (C=O) groups is 1. The molecule has 1 rings (SSSR count). The van der Waals surface area contributed by atoms with Gasteiger partial charge in [-0.25, -0.2) is 4.79 Å². The van der Waals surface area contributed by atoms with Crippen LogP contribution in [-0.2, 0) is 11.3 Å². The number of rotatable bonds is 3. The predicted molar refractivity (Wildman–Crippen MR) is 58.6 cm³/mol. The number of nitrogens with zero attached hydrogens (tertiary/aromatic N) is 1. The van der Waals surface area contributed by atoms with E-state index in [9.17, 15) is 4.79 Å². The summed E-state index contributed by atoms with van der Waals surface area (Å²) in [6.07, 6.45) is 1.85. The summed E-state index contributed by atoms with van der Waals surface area (Å²) in [6.45, 7) is 6.39. The third kappa shape index (κ3) is 2.63. The molecule has 0 aliphatic rings. The highest BCUT2D eigenvalue weighted by Gasteiger charge is 2.14. The monoisotopic (exact) mass is 205 g/mol. The van der Waals surface area contributed by atoms with Crippen LogP contribution in [0.1, 0.15) is 29.9 Å². The fourth-order valence-corrected chi connectivity index (χ4v) is 1.36. The van der Waals surface area contributed by atoms with Crippen LogP contribution in [0, 0.1) is 18.8 Å². The third-order valence-electron chi connectivity index (χ3n) is 2.06. The van der Waals surface area contributed by atoms with Crippen LogP contribution in [-0.4, -0.2) is 17.1 Å². The summed E-state index contributed by atoms with van der Waals surface area (Å²) in [6, 6.07) is 1.89. The lowest BCUT2D eigenvalue weighted by atomic mass is 10.3. The first-order chi connectivity index (χ1) is 7.20. The number of carbonyl (C=O) groups excluding carboxylic acids is 1. The highest BCUT2D eigenvalue weighted by molar-refractivity contribution is 5.89. The molecule has 0 bridgehead atoms. The van der Waals surface area contributed by atoms with Crippen molar-refractivity contribution in [3.8, 4) is 11.8 Å². The van der Waals surface area contributed by atoms with Crippen LogP contribution in [0.4, 0.5) is 0 Å². The van der Waals surface area contributed by atoms with Gasteiger partial charge in [0.25, 0.3) is 0 Å². The Morgan fingerprint density at radius 1 is 1.60 bits per heavy atom. The Hall–Kier alpha value is -1.69. The zero-order chi connectivity index (χ0) is 11.3. The Bertz CT molecular complexity index is 407. The zero-order valence-corrected chi connectivity index (χ0v) is 9.33. The first kappa shape index (κ1) is 11.4. The maximum absolute atomic E-state index is 11.6. The van der Waals surface area contributed by atoms with E-state index in [1.54, 1.807) is 13.8 Å². The number of hydrogen-bond donors (Lipinski definition) is 0. The van der Waals surface area contributed by atoms with Crippen LogP contribution in [0.3, 0.4) is 0 Å². The molecular weight excluding hydrogens is 190 g/mol. The van der Waals surface area contributed by atoms with Crippen molar-refractivity contribution in [2.24, 2.45) is 0 Å². The van der Waals surface area contributed by atoms with Crippen LogP contribution < -0.4 is 0 Å². The van der Waals surface area contributed by atoms with Crippen LogP contribution in [0.25, 0.3) is 0 Å². The van der Waals surface area contributed by atoms with E-state index in [1.165, 1.54) is 0 Å². The summed E-state index contributed by atoms with van der Waals surface area (Å²) < 4.78 is 6.79. The third-order valence-corrected chi connectivity index (χ3v) is 2.06. The Kier molecular flexibility index (Phi) is 3.99. The van der Waals surface area contributed by atoms with E-state index in [0.717, 1.165) is 5.56 Å². The molecule has 3 nitrogen and oxygen atoms in total. The molecule has 0 amide bonds. The van der Waals surface area contributed by atoms with E-state index in [0.29, 0.717) is 18.8 Å². The van der Waals surface area contributed by atoms with Crippen molar-refractivity contribution < 1.29 is 9.53 Å². The lowest BCUT2D eigenvalue weighted by Gasteiger charge is -2.06. The lowest BCUT2D eigenvalue weighted by molar-refractivity contribution is 0.0514. The van der Waals surface area contributed by atoms with Crippen molar-refractivity contribution >= 4 is 5.97 Å². The maximum atomic E-state index is 11.6. The van der Waals surface area contributed by atoms with Crippen LogP contribution in [0.15, 0.2) is 12.3 Å². The molecule has 1 aromatic heterocycles. The second-order valence-corrected chi connectivity index (χ2v) is 3.12. The summed E-state index contributed by atoms with van der Waals surface area (Å²) in [4.78, 5) is 11.6. The smallest absolute Gasteiger partial charge is 0.355 e. The SMILES string of the molecule is CC#CCn1ccc(C)c1C(=O)OCC. The van der Waals surface area contributed by atoms with Gasteiger partial charge in [-0.05, 0) is 32.4 Å². The number of aromatic nitrogens is 1. The summed E-state index contributed by atoms with van der Waals surface area (Å²) >= 11 is 0. The largest absolute Gasteiger partial charge is 0.461 e. The molecule has 15 heavy (non-hydrogen) atoms. The Labute approximate surface area is 90.0 Å². The first-order valence-corrected chi connectivity index (χ1v) is 4.93. The highest BCUT2D eigenvalue weighted by atomic mass is 16.5. The quantitative estimate of drug-likeness (QED) is 0.558.